The second kappa shape index (κ2) is 9.69. The van der Waals surface area contributed by atoms with E-state index in [1.54, 1.807) is 25.3 Å². The predicted octanol–water partition coefficient (Wildman–Crippen LogP) is 3.31. The average molecular weight is 450 g/mol. The molecule has 0 saturated heterocycles. The second-order valence-electron chi connectivity index (χ2n) is 9.42. The number of carbonyl (C=O) groups is 1. The topological polar surface area (TPSA) is 88.1 Å². The zero-order chi connectivity index (χ0) is 22.6. The van der Waals surface area contributed by atoms with E-state index >= 15 is 0 Å². The summed E-state index contributed by atoms with van der Waals surface area (Å²) in [6.07, 6.45) is 7.23. The molecule has 1 aliphatic heterocycles. The van der Waals surface area contributed by atoms with Gasteiger partial charge in [-0.3, -0.25) is 9.80 Å². The Kier molecular flexibility index (Phi) is 7.42. The van der Waals surface area contributed by atoms with Gasteiger partial charge in [0, 0.05) is 26.3 Å². The molecule has 7 nitrogen and oxygen atoms in total. The van der Waals surface area contributed by atoms with E-state index in [4.69, 9.17) is 4.74 Å². The average Bonchev–Trinajstić information content (AvgIpc) is 3.37. The molecule has 0 radical (unpaired) electrons. The van der Waals surface area contributed by atoms with Gasteiger partial charge >= 0.3 is 0 Å². The summed E-state index contributed by atoms with van der Waals surface area (Å²) in [7, 11) is -1.65. The van der Waals surface area contributed by atoms with Crippen molar-refractivity contribution in [1.29, 1.82) is 0 Å². The van der Waals surface area contributed by atoms with Crippen LogP contribution < -0.4 is 5.32 Å². The standard InChI is InChI=1S/C23H35N3O4S/c1-23(2,30-3)16-26-13-12-21(25-26)24-22(27)20(14-17-8-5-6-9-17)18-10-7-11-19(15-18)31(4,28)29/h7,10-11,15,17,20H,5-6,8-9,12-14,16H2,1-4H3,(H,24,25,27)/t20-/m1/s1. The van der Waals surface area contributed by atoms with E-state index in [-0.39, 0.29) is 16.4 Å². The first-order valence-electron chi connectivity index (χ1n) is 11.1. The minimum atomic E-state index is -3.34. The number of hydrazone groups is 1. The molecule has 1 aromatic carbocycles. The zero-order valence-electron chi connectivity index (χ0n) is 19.1. The van der Waals surface area contributed by atoms with Crippen molar-refractivity contribution >= 4 is 21.6 Å². The van der Waals surface area contributed by atoms with Crippen molar-refractivity contribution in [2.75, 3.05) is 26.5 Å². The van der Waals surface area contributed by atoms with Gasteiger partial charge in [0.25, 0.3) is 0 Å². The molecule has 0 unspecified atom stereocenters. The van der Waals surface area contributed by atoms with Gasteiger partial charge in [0.15, 0.2) is 9.84 Å². The summed E-state index contributed by atoms with van der Waals surface area (Å²) in [5.74, 6) is 0.649. The van der Waals surface area contributed by atoms with Crippen LogP contribution in [-0.2, 0) is 19.4 Å². The molecule has 1 amide bonds. The van der Waals surface area contributed by atoms with Crippen molar-refractivity contribution in [3.63, 3.8) is 0 Å². The lowest BCUT2D eigenvalue weighted by Gasteiger charge is -2.27. The highest BCUT2D eigenvalue weighted by atomic mass is 32.2. The maximum Gasteiger partial charge on any atom is 0.232 e. The predicted molar refractivity (Wildman–Crippen MR) is 122 cm³/mol. The lowest BCUT2D eigenvalue weighted by Crippen LogP contribution is -2.36. The lowest BCUT2D eigenvalue weighted by atomic mass is 9.87. The van der Waals surface area contributed by atoms with Crippen LogP contribution in [0.2, 0.25) is 0 Å². The summed E-state index contributed by atoms with van der Waals surface area (Å²) in [5, 5.41) is 9.52. The maximum atomic E-state index is 13.3. The van der Waals surface area contributed by atoms with Crippen LogP contribution in [-0.4, -0.2) is 57.2 Å². The molecule has 0 spiro atoms. The third-order valence-corrected chi connectivity index (χ3v) is 7.41. The fourth-order valence-electron chi connectivity index (χ4n) is 4.38. The number of amides is 1. The molecular formula is C23H35N3O4S. The van der Waals surface area contributed by atoms with Crippen molar-refractivity contribution in [3.05, 3.63) is 29.8 Å². The molecule has 3 rings (SSSR count). The van der Waals surface area contributed by atoms with Crippen molar-refractivity contribution in [2.45, 2.75) is 68.8 Å². The fraction of sp³-hybridized carbons (Fsp3) is 0.652. The Balaban J connectivity index is 1.77. The van der Waals surface area contributed by atoms with Gasteiger partial charge < -0.3 is 10.1 Å². The second-order valence-corrected chi connectivity index (χ2v) is 11.4. The molecule has 1 saturated carbocycles. The number of rotatable bonds is 8. The molecule has 172 valence electrons. The van der Waals surface area contributed by atoms with Crippen molar-refractivity contribution in [3.8, 4) is 0 Å². The largest absolute Gasteiger partial charge is 0.377 e. The highest BCUT2D eigenvalue weighted by molar-refractivity contribution is 7.90. The summed E-state index contributed by atoms with van der Waals surface area (Å²) < 4.78 is 29.6. The van der Waals surface area contributed by atoms with Crippen LogP contribution in [0.3, 0.4) is 0 Å². The number of hydrogen-bond donors (Lipinski definition) is 1. The number of ether oxygens (including phenoxy) is 1. The van der Waals surface area contributed by atoms with E-state index in [0.717, 1.165) is 31.4 Å². The fourth-order valence-corrected chi connectivity index (χ4v) is 5.05. The first-order chi connectivity index (χ1) is 14.6. The summed E-state index contributed by atoms with van der Waals surface area (Å²) in [6, 6.07) is 6.82. The number of hydrogen-bond acceptors (Lipinski definition) is 6. The van der Waals surface area contributed by atoms with E-state index in [1.807, 2.05) is 24.9 Å². The summed E-state index contributed by atoms with van der Waals surface area (Å²) in [5.41, 5.74) is 0.434. The smallest absolute Gasteiger partial charge is 0.232 e. The number of methoxy groups -OCH3 is 1. The van der Waals surface area contributed by atoms with Crippen LogP contribution in [0.15, 0.2) is 34.3 Å². The first-order valence-corrected chi connectivity index (χ1v) is 12.9. The quantitative estimate of drug-likeness (QED) is 0.658. The van der Waals surface area contributed by atoms with E-state index in [9.17, 15) is 13.2 Å². The Hall–Kier alpha value is -1.93. The first kappa shape index (κ1) is 23.7. The number of nitrogens with one attached hydrogen (secondary N) is 1. The normalized spacial score (nSPS) is 18.8. The third kappa shape index (κ3) is 6.53. The van der Waals surface area contributed by atoms with Crippen LogP contribution in [0.1, 0.15) is 63.9 Å². The highest BCUT2D eigenvalue weighted by Crippen LogP contribution is 2.35. The van der Waals surface area contributed by atoms with Gasteiger partial charge in [-0.15, -0.1) is 0 Å². The number of benzene rings is 1. The van der Waals surface area contributed by atoms with Gasteiger partial charge in [0.1, 0.15) is 5.84 Å². The van der Waals surface area contributed by atoms with Crippen LogP contribution in [0, 0.1) is 5.92 Å². The number of carbonyl (C=O) groups excluding carboxylic acids is 1. The lowest BCUT2D eigenvalue weighted by molar-refractivity contribution is -0.121. The van der Waals surface area contributed by atoms with Crippen molar-refractivity contribution in [1.82, 2.24) is 10.3 Å². The molecule has 1 N–H and O–H groups in total. The Bertz CT molecular complexity index is 921. The third-order valence-electron chi connectivity index (χ3n) is 6.30. The van der Waals surface area contributed by atoms with E-state index in [0.29, 0.717) is 24.7 Å². The molecule has 1 atom stereocenters. The maximum absolute atomic E-state index is 13.3. The Labute approximate surface area is 186 Å². The summed E-state index contributed by atoms with van der Waals surface area (Å²) >= 11 is 0. The molecule has 1 fully saturated rings. The van der Waals surface area contributed by atoms with Gasteiger partial charge in [-0.1, -0.05) is 37.8 Å². The summed E-state index contributed by atoms with van der Waals surface area (Å²) in [6.45, 7) is 5.39. The number of amidine groups is 1. The van der Waals surface area contributed by atoms with Gasteiger partial charge in [0.05, 0.1) is 23.0 Å². The van der Waals surface area contributed by atoms with Gasteiger partial charge in [-0.2, -0.15) is 5.10 Å². The van der Waals surface area contributed by atoms with Crippen molar-refractivity contribution in [2.24, 2.45) is 11.0 Å². The number of sulfone groups is 1. The van der Waals surface area contributed by atoms with Gasteiger partial charge in [-0.05, 0) is 43.9 Å². The molecule has 0 bridgehead atoms. The monoisotopic (exact) mass is 449 g/mol. The molecule has 1 aliphatic carbocycles. The molecule has 1 aromatic rings. The Morgan fingerprint density at radius 1 is 1.32 bits per heavy atom. The van der Waals surface area contributed by atoms with Crippen LogP contribution in [0.4, 0.5) is 0 Å². The Morgan fingerprint density at radius 2 is 2.03 bits per heavy atom. The van der Waals surface area contributed by atoms with Crippen LogP contribution >= 0.6 is 0 Å². The van der Waals surface area contributed by atoms with E-state index in [1.165, 1.54) is 19.1 Å². The van der Waals surface area contributed by atoms with Crippen LogP contribution in [0.5, 0.6) is 0 Å². The Morgan fingerprint density at radius 3 is 2.68 bits per heavy atom. The molecule has 31 heavy (non-hydrogen) atoms. The minimum Gasteiger partial charge on any atom is -0.377 e. The molecule has 1 heterocycles. The molecule has 8 heteroatoms. The molecule has 2 aliphatic rings. The van der Waals surface area contributed by atoms with Gasteiger partial charge in [-0.25, -0.2) is 8.42 Å². The zero-order valence-corrected chi connectivity index (χ0v) is 19.9. The van der Waals surface area contributed by atoms with E-state index in [2.05, 4.69) is 10.4 Å². The van der Waals surface area contributed by atoms with Crippen LogP contribution in [0.25, 0.3) is 0 Å². The SMILES string of the molecule is COC(C)(C)CN1CCC(NC(=O)[C@H](CC2CCCC2)c2cccc(S(C)(=O)=O)c2)=N1. The highest BCUT2D eigenvalue weighted by Gasteiger charge is 2.30. The minimum absolute atomic E-state index is 0.107. The number of nitrogens with zero attached hydrogens (tertiary/aromatic N) is 2. The molecular weight excluding hydrogens is 414 g/mol. The van der Waals surface area contributed by atoms with Crippen molar-refractivity contribution < 1.29 is 17.9 Å². The van der Waals surface area contributed by atoms with Gasteiger partial charge in [0.2, 0.25) is 5.91 Å². The summed E-state index contributed by atoms with van der Waals surface area (Å²) in [4.78, 5) is 13.6. The molecule has 0 aromatic heterocycles. The van der Waals surface area contributed by atoms with E-state index < -0.39 is 15.8 Å².